The number of carbonyl (C=O) groups is 1. The largest absolute Gasteiger partial charge is 0.325 e. The topological polar surface area (TPSA) is 66.9 Å². The zero-order valence-corrected chi connectivity index (χ0v) is 15.6. The van der Waals surface area contributed by atoms with Crippen LogP contribution in [0, 0.1) is 20.8 Å². The monoisotopic (exact) mass is 368 g/mol. The Morgan fingerprint density at radius 1 is 0.880 bits per heavy atom. The van der Waals surface area contributed by atoms with E-state index in [4.69, 9.17) is 0 Å². The summed E-state index contributed by atoms with van der Waals surface area (Å²) < 4.78 is 2.18. The minimum atomic E-state index is -0.293. The molecule has 0 radical (unpaired) electrons. The standard InChI is InChI=1S/C18H16N4OS2/c1-9-4-5-12(8-10(9)2)20-17(23)22-18-21-14-7-6-13-15(16(14)25-18)24-11(3)19-13/h4-8H,1-3H3,(H2,20,21,22,23). The molecule has 25 heavy (non-hydrogen) atoms. The van der Waals surface area contributed by atoms with Crippen molar-refractivity contribution in [3.8, 4) is 0 Å². The minimum Gasteiger partial charge on any atom is -0.308 e. The van der Waals surface area contributed by atoms with Crippen LogP contribution in [0.2, 0.25) is 0 Å². The third-order valence-electron chi connectivity index (χ3n) is 4.00. The number of anilines is 2. The number of aryl methyl sites for hydroxylation is 3. The van der Waals surface area contributed by atoms with Gasteiger partial charge in [-0.15, -0.1) is 11.3 Å². The molecule has 2 N–H and O–H groups in total. The maximum absolute atomic E-state index is 12.3. The lowest BCUT2D eigenvalue weighted by Gasteiger charge is -2.07. The summed E-state index contributed by atoms with van der Waals surface area (Å²) in [6, 6.07) is 9.46. The first-order valence-electron chi connectivity index (χ1n) is 7.81. The van der Waals surface area contributed by atoms with Gasteiger partial charge in [-0.1, -0.05) is 17.4 Å². The Hall–Kier alpha value is -2.51. The zero-order valence-electron chi connectivity index (χ0n) is 14.0. The van der Waals surface area contributed by atoms with Crippen molar-refractivity contribution in [2.24, 2.45) is 0 Å². The van der Waals surface area contributed by atoms with Crippen LogP contribution in [0.25, 0.3) is 20.4 Å². The average molecular weight is 368 g/mol. The number of rotatable bonds is 2. The van der Waals surface area contributed by atoms with E-state index in [2.05, 4.69) is 20.6 Å². The van der Waals surface area contributed by atoms with E-state index in [1.54, 1.807) is 11.3 Å². The molecular weight excluding hydrogens is 352 g/mol. The van der Waals surface area contributed by atoms with E-state index in [0.29, 0.717) is 5.13 Å². The van der Waals surface area contributed by atoms with Crippen molar-refractivity contribution in [2.45, 2.75) is 20.8 Å². The van der Waals surface area contributed by atoms with Crippen molar-refractivity contribution in [1.82, 2.24) is 9.97 Å². The number of fused-ring (bicyclic) bond motifs is 3. The quantitative estimate of drug-likeness (QED) is 0.493. The van der Waals surface area contributed by atoms with Gasteiger partial charge in [-0.3, -0.25) is 5.32 Å². The molecule has 4 rings (SSSR count). The van der Waals surface area contributed by atoms with Gasteiger partial charge in [-0.2, -0.15) is 0 Å². The molecule has 2 amide bonds. The lowest BCUT2D eigenvalue weighted by molar-refractivity contribution is 0.262. The molecule has 2 heterocycles. The molecule has 0 unspecified atom stereocenters. The number of benzene rings is 2. The molecule has 126 valence electrons. The minimum absolute atomic E-state index is 0.293. The zero-order chi connectivity index (χ0) is 17.6. The fourth-order valence-corrected chi connectivity index (χ4v) is 4.62. The smallest absolute Gasteiger partial charge is 0.308 e. The highest BCUT2D eigenvalue weighted by atomic mass is 32.1. The summed E-state index contributed by atoms with van der Waals surface area (Å²) >= 11 is 3.12. The Bertz CT molecular complexity index is 1110. The van der Waals surface area contributed by atoms with Crippen LogP contribution >= 0.6 is 22.7 Å². The third-order valence-corrected chi connectivity index (χ3v) is 6.14. The SMILES string of the molecule is Cc1nc2ccc3nc(NC(=O)Nc4ccc(C)c(C)c4)sc3c2s1. The third kappa shape index (κ3) is 3.08. The summed E-state index contributed by atoms with van der Waals surface area (Å²) in [7, 11) is 0. The predicted molar refractivity (Wildman–Crippen MR) is 106 cm³/mol. The van der Waals surface area contributed by atoms with Crippen molar-refractivity contribution in [1.29, 1.82) is 0 Å². The Morgan fingerprint density at radius 3 is 2.36 bits per heavy atom. The molecule has 7 heteroatoms. The first-order chi connectivity index (χ1) is 12.0. The van der Waals surface area contributed by atoms with Gasteiger partial charge in [0.25, 0.3) is 0 Å². The number of amides is 2. The molecule has 4 aromatic rings. The van der Waals surface area contributed by atoms with Crippen LogP contribution in [-0.2, 0) is 0 Å². The molecule has 0 spiro atoms. The first kappa shape index (κ1) is 16.0. The van der Waals surface area contributed by atoms with Crippen molar-refractivity contribution in [3.05, 3.63) is 46.5 Å². The summed E-state index contributed by atoms with van der Waals surface area (Å²) in [6.45, 7) is 6.06. The normalized spacial score (nSPS) is 11.2. The molecule has 0 fully saturated rings. The number of hydrogen-bond donors (Lipinski definition) is 2. The van der Waals surface area contributed by atoms with Gasteiger partial charge in [0.2, 0.25) is 0 Å². The molecule has 0 saturated heterocycles. The molecule has 5 nitrogen and oxygen atoms in total. The van der Waals surface area contributed by atoms with Gasteiger partial charge < -0.3 is 5.32 Å². The summed E-state index contributed by atoms with van der Waals surface area (Å²) in [5, 5.41) is 7.28. The van der Waals surface area contributed by atoms with E-state index < -0.39 is 0 Å². The predicted octanol–water partition coefficient (Wildman–Crippen LogP) is 5.48. The fourth-order valence-electron chi connectivity index (χ4n) is 2.62. The van der Waals surface area contributed by atoms with Crippen molar-refractivity contribution < 1.29 is 4.79 Å². The Morgan fingerprint density at radius 2 is 1.60 bits per heavy atom. The highest BCUT2D eigenvalue weighted by Gasteiger charge is 2.12. The lowest BCUT2D eigenvalue weighted by atomic mass is 10.1. The Labute approximate surface area is 152 Å². The highest BCUT2D eigenvalue weighted by molar-refractivity contribution is 7.28. The molecule has 0 aliphatic carbocycles. The van der Waals surface area contributed by atoms with Crippen LogP contribution in [0.3, 0.4) is 0 Å². The van der Waals surface area contributed by atoms with Crippen molar-refractivity contribution in [2.75, 3.05) is 10.6 Å². The van der Waals surface area contributed by atoms with Crippen LogP contribution in [0.5, 0.6) is 0 Å². The van der Waals surface area contributed by atoms with Crippen molar-refractivity contribution >= 4 is 60.0 Å². The molecule has 2 aromatic heterocycles. The highest BCUT2D eigenvalue weighted by Crippen LogP contribution is 2.35. The Balaban J connectivity index is 1.58. The van der Waals surface area contributed by atoms with Crippen LogP contribution in [-0.4, -0.2) is 16.0 Å². The van der Waals surface area contributed by atoms with E-state index in [-0.39, 0.29) is 6.03 Å². The second kappa shape index (κ2) is 6.09. The molecule has 0 bridgehead atoms. The summed E-state index contributed by atoms with van der Waals surface area (Å²) in [4.78, 5) is 21.3. The van der Waals surface area contributed by atoms with Crippen LogP contribution in [0.1, 0.15) is 16.1 Å². The van der Waals surface area contributed by atoms with Gasteiger partial charge in [0.05, 0.1) is 25.4 Å². The number of urea groups is 1. The fraction of sp³-hybridized carbons (Fsp3) is 0.167. The first-order valence-corrected chi connectivity index (χ1v) is 9.45. The number of thiazole rings is 2. The van der Waals surface area contributed by atoms with Crippen molar-refractivity contribution in [3.63, 3.8) is 0 Å². The van der Waals surface area contributed by atoms with Gasteiger partial charge in [-0.25, -0.2) is 14.8 Å². The van der Waals surface area contributed by atoms with Gasteiger partial charge in [0.15, 0.2) is 5.13 Å². The van der Waals surface area contributed by atoms with E-state index in [0.717, 1.165) is 36.7 Å². The number of nitrogens with zero attached hydrogens (tertiary/aromatic N) is 2. The number of hydrogen-bond acceptors (Lipinski definition) is 5. The average Bonchev–Trinajstić information content (AvgIpc) is 3.12. The van der Waals surface area contributed by atoms with E-state index in [1.807, 2.05) is 51.1 Å². The van der Waals surface area contributed by atoms with Crippen LogP contribution in [0.15, 0.2) is 30.3 Å². The van der Waals surface area contributed by atoms with Crippen LogP contribution < -0.4 is 10.6 Å². The molecule has 0 aliphatic heterocycles. The van der Waals surface area contributed by atoms with Gasteiger partial charge >= 0.3 is 6.03 Å². The number of nitrogens with one attached hydrogen (secondary N) is 2. The van der Waals surface area contributed by atoms with E-state index in [1.165, 1.54) is 16.9 Å². The lowest BCUT2D eigenvalue weighted by Crippen LogP contribution is -2.19. The second-order valence-corrected chi connectivity index (χ2v) is 8.09. The van der Waals surface area contributed by atoms with E-state index in [9.17, 15) is 4.79 Å². The van der Waals surface area contributed by atoms with Gasteiger partial charge in [0.1, 0.15) is 0 Å². The maximum atomic E-state index is 12.3. The number of aromatic nitrogens is 2. The second-order valence-electron chi connectivity index (χ2n) is 5.89. The number of carbonyl (C=O) groups excluding carboxylic acids is 1. The summed E-state index contributed by atoms with van der Waals surface area (Å²) in [5.74, 6) is 0. The maximum Gasteiger partial charge on any atom is 0.325 e. The molecule has 0 aliphatic rings. The van der Waals surface area contributed by atoms with E-state index >= 15 is 0 Å². The summed E-state index contributed by atoms with van der Waals surface area (Å²) in [6.07, 6.45) is 0. The van der Waals surface area contributed by atoms with Gasteiger partial charge in [-0.05, 0) is 56.2 Å². The molecule has 2 aromatic carbocycles. The van der Waals surface area contributed by atoms with Gasteiger partial charge in [0, 0.05) is 5.69 Å². The molecular formula is C18H16N4OS2. The molecule has 0 atom stereocenters. The van der Waals surface area contributed by atoms with Crippen LogP contribution in [0.4, 0.5) is 15.6 Å². The molecule has 0 saturated carbocycles. The summed E-state index contributed by atoms with van der Waals surface area (Å²) in [5.41, 5.74) is 4.95. The Kier molecular flexibility index (Phi) is 3.89.